The van der Waals surface area contributed by atoms with E-state index in [1.165, 1.54) is 48.6 Å². The number of amides is 3. The zero-order valence-corrected chi connectivity index (χ0v) is 33.1. The molecule has 0 radical (unpaired) electrons. The number of likely N-dealkylation sites (tertiary alicyclic amines) is 1. The van der Waals surface area contributed by atoms with Gasteiger partial charge in [0.05, 0.1) is 43.3 Å². The van der Waals surface area contributed by atoms with E-state index in [0.717, 1.165) is 59.1 Å². The minimum Gasteiger partial charge on any atom is -0.453 e. The van der Waals surface area contributed by atoms with Gasteiger partial charge in [-0.2, -0.15) is 0 Å². The summed E-state index contributed by atoms with van der Waals surface area (Å²) < 4.78 is 4.75. The Hall–Kier alpha value is -5.78. The zero-order chi connectivity index (χ0) is 39.6. The number of hydrogen-bond donors (Lipinski definition) is 4. The van der Waals surface area contributed by atoms with Crippen LogP contribution in [0, 0.1) is 23.7 Å². The highest BCUT2D eigenvalue weighted by Crippen LogP contribution is 2.49. The quantitative estimate of drug-likeness (QED) is 0.119. The van der Waals surface area contributed by atoms with Crippen LogP contribution < -0.4 is 10.6 Å². The van der Waals surface area contributed by atoms with Gasteiger partial charge in [0, 0.05) is 37.3 Å². The number of rotatable bonds is 9. The fourth-order valence-corrected chi connectivity index (χ4v) is 9.48. The van der Waals surface area contributed by atoms with E-state index in [4.69, 9.17) is 9.72 Å². The fourth-order valence-electron chi connectivity index (χ4n) is 9.48. The molecule has 2 aromatic carbocycles. The number of methoxy groups -OCH3 is 1. The van der Waals surface area contributed by atoms with Crippen molar-refractivity contribution in [3.05, 3.63) is 102 Å². The van der Waals surface area contributed by atoms with Gasteiger partial charge in [-0.05, 0) is 107 Å². The Morgan fingerprint density at radius 1 is 0.930 bits per heavy atom. The normalized spacial score (nSPS) is 22.1. The van der Waals surface area contributed by atoms with E-state index in [1.807, 2.05) is 43.3 Å². The second-order valence-corrected chi connectivity index (χ2v) is 16.4. The van der Waals surface area contributed by atoms with Crippen LogP contribution in [0.4, 0.5) is 4.79 Å². The van der Waals surface area contributed by atoms with Crippen molar-refractivity contribution in [1.29, 1.82) is 0 Å². The largest absolute Gasteiger partial charge is 0.453 e. The van der Waals surface area contributed by atoms with Gasteiger partial charge in [-0.15, -0.1) is 0 Å². The van der Waals surface area contributed by atoms with Gasteiger partial charge >= 0.3 is 6.09 Å². The number of alkyl carbamates (subject to hydrolysis) is 1. The van der Waals surface area contributed by atoms with Crippen LogP contribution in [-0.2, 0) is 20.9 Å². The molecule has 6 atom stereocenters. The summed E-state index contributed by atoms with van der Waals surface area (Å²) in [5.41, 5.74) is 10.3. The Bertz CT molecular complexity index is 2220. The third-order valence-corrected chi connectivity index (χ3v) is 12.5. The molecule has 4 heterocycles. The Balaban J connectivity index is 0.000000222. The van der Waals surface area contributed by atoms with Gasteiger partial charge in [-0.25, -0.2) is 14.8 Å². The molecule has 296 valence electrons. The van der Waals surface area contributed by atoms with E-state index in [-0.39, 0.29) is 35.6 Å². The van der Waals surface area contributed by atoms with Gasteiger partial charge in [0.2, 0.25) is 11.8 Å². The molecule has 2 saturated carbocycles. The molecule has 5 aromatic rings. The number of aromatic amines is 2. The average molecular weight is 769 g/mol. The maximum atomic E-state index is 13.5. The molecule has 3 aliphatic carbocycles. The first kappa shape index (κ1) is 38.1. The van der Waals surface area contributed by atoms with Crippen LogP contribution >= 0.6 is 0 Å². The van der Waals surface area contributed by atoms with Crippen molar-refractivity contribution >= 4 is 17.9 Å². The molecule has 3 fully saturated rings. The number of carbonyl (C=O) groups is 3. The third kappa shape index (κ3) is 7.82. The summed E-state index contributed by atoms with van der Waals surface area (Å²) in [5, 5.41) is 5.75. The highest BCUT2D eigenvalue weighted by Gasteiger charge is 2.43. The maximum Gasteiger partial charge on any atom is 0.407 e. The Morgan fingerprint density at radius 2 is 1.70 bits per heavy atom. The van der Waals surface area contributed by atoms with Crippen LogP contribution in [0.25, 0.3) is 33.6 Å². The van der Waals surface area contributed by atoms with Crippen molar-refractivity contribution in [2.24, 2.45) is 23.7 Å². The number of aromatic nitrogens is 5. The van der Waals surface area contributed by atoms with Crippen LogP contribution in [0.5, 0.6) is 0 Å². The van der Waals surface area contributed by atoms with Crippen LogP contribution in [0.3, 0.4) is 0 Å². The van der Waals surface area contributed by atoms with Gasteiger partial charge in [-0.3, -0.25) is 14.6 Å². The summed E-state index contributed by atoms with van der Waals surface area (Å²) in [7, 11) is 1.30. The summed E-state index contributed by atoms with van der Waals surface area (Å²) in [6.45, 7) is 7.32. The summed E-state index contributed by atoms with van der Waals surface area (Å²) in [5.74, 6) is 2.86. The molecule has 0 spiro atoms. The molecule has 3 amide bonds. The second-order valence-electron chi connectivity index (χ2n) is 16.4. The van der Waals surface area contributed by atoms with E-state index in [9.17, 15) is 14.4 Å². The van der Waals surface area contributed by atoms with Crippen molar-refractivity contribution < 1.29 is 19.1 Å². The van der Waals surface area contributed by atoms with Crippen molar-refractivity contribution in [3.63, 3.8) is 0 Å². The Morgan fingerprint density at radius 3 is 2.33 bits per heavy atom. The van der Waals surface area contributed by atoms with Crippen molar-refractivity contribution in [3.8, 4) is 33.6 Å². The molecule has 4 aliphatic rings. The molecule has 1 saturated heterocycles. The van der Waals surface area contributed by atoms with Crippen molar-refractivity contribution in [1.82, 2.24) is 40.5 Å². The van der Waals surface area contributed by atoms with Crippen LogP contribution in [-0.4, -0.2) is 67.4 Å². The minimum atomic E-state index is -0.656. The standard InChI is InChI=1S/C31H34N6O3.C14H18N2O/c1-17(2)28(36-31(39)40-4)30(38)37-11-5-6-27(37)29-33-15-26(35-29)20-8-10-22-21-9-7-19(25-14-32-16-34-25)12-23(21)18(3)24(22)13-20;17-14(13-7-10-3-4-12(13)6-10)16-9-11-2-1-5-15-8-11/h7-10,12-18,27-28H,5-6,11H2,1-4H3,(H,32,34)(H,33,35)(H,36,39);1-2,5,8,10,12-13H,3-4,6-7,9H2,(H,16,17). The van der Waals surface area contributed by atoms with Gasteiger partial charge in [0.1, 0.15) is 11.9 Å². The van der Waals surface area contributed by atoms with Gasteiger partial charge in [0.15, 0.2) is 0 Å². The Kier molecular flexibility index (Phi) is 10.9. The molecule has 57 heavy (non-hydrogen) atoms. The molecular weight excluding hydrogens is 717 g/mol. The monoisotopic (exact) mass is 768 g/mol. The number of nitrogens with one attached hydrogen (secondary N) is 4. The molecule has 1 aliphatic heterocycles. The summed E-state index contributed by atoms with van der Waals surface area (Å²) in [4.78, 5) is 58.9. The van der Waals surface area contributed by atoms with Gasteiger partial charge in [0.25, 0.3) is 0 Å². The van der Waals surface area contributed by atoms with Crippen LogP contribution in [0.15, 0.2) is 79.6 Å². The molecule has 3 aromatic heterocycles. The number of benzene rings is 2. The van der Waals surface area contributed by atoms with E-state index < -0.39 is 12.1 Å². The smallest absolute Gasteiger partial charge is 0.407 e. The molecule has 12 nitrogen and oxygen atoms in total. The van der Waals surface area contributed by atoms with E-state index in [1.54, 1.807) is 18.7 Å². The molecule has 12 heteroatoms. The minimum absolute atomic E-state index is 0.0758. The van der Waals surface area contributed by atoms with Crippen molar-refractivity contribution in [2.45, 2.75) is 83.8 Å². The molecule has 2 bridgehead atoms. The lowest BCUT2D eigenvalue weighted by molar-refractivity contribution is -0.135. The van der Waals surface area contributed by atoms with Gasteiger partial charge < -0.3 is 30.2 Å². The topological polar surface area (TPSA) is 158 Å². The number of pyridine rings is 1. The van der Waals surface area contributed by atoms with Crippen LogP contribution in [0.2, 0.25) is 0 Å². The highest BCUT2D eigenvalue weighted by atomic mass is 16.5. The predicted octanol–water partition coefficient (Wildman–Crippen LogP) is 7.78. The summed E-state index contributed by atoms with van der Waals surface area (Å²) in [6, 6.07) is 16.2. The molecular formula is C45H52N8O4. The first-order valence-electron chi connectivity index (χ1n) is 20.3. The molecule has 6 unspecified atom stereocenters. The molecule has 4 N–H and O–H groups in total. The first-order chi connectivity index (χ1) is 27.7. The van der Waals surface area contributed by atoms with E-state index in [2.05, 4.69) is 73.9 Å². The second kappa shape index (κ2) is 16.4. The maximum absolute atomic E-state index is 13.5. The SMILES string of the molecule is COC(=O)NC(C(=O)N1CCCC1c1ncc(-c2ccc3c(c2)C(C)c2cc(-c4cnc[nH]4)ccc2-3)[nH]1)C(C)C.O=C(NCc1cccnc1)C1CC2CCC1C2. The fraction of sp³-hybridized carbons (Fsp3) is 0.422. The number of carbonyl (C=O) groups excluding carboxylic acids is 3. The highest BCUT2D eigenvalue weighted by molar-refractivity contribution is 5.87. The summed E-state index contributed by atoms with van der Waals surface area (Å²) >= 11 is 0. The van der Waals surface area contributed by atoms with Gasteiger partial charge in [-0.1, -0.05) is 57.5 Å². The van der Waals surface area contributed by atoms with Crippen molar-refractivity contribution in [2.75, 3.05) is 13.7 Å². The Labute approximate surface area is 333 Å². The lowest BCUT2D eigenvalue weighted by Crippen LogP contribution is -2.51. The van der Waals surface area contributed by atoms with Crippen LogP contribution in [0.1, 0.15) is 93.8 Å². The number of fused-ring (bicyclic) bond motifs is 5. The number of ether oxygens (including phenoxy) is 1. The number of H-pyrrole nitrogens is 2. The number of nitrogens with zero attached hydrogens (tertiary/aromatic N) is 4. The third-order valence-electron chi connectivity index (χ3n) is 12.5. The van der Waals surface area contributed by atoms with E-state index in [0.29, 0.717) is 19.0 Å². The van der Waals surface area contributed by atoms with E-state index >= 15 is 0 Å². The first-order valence-corrected chi connectivity index (χ1v) is 20.3. The summed E-state index contributed by atoms with van der Waals surface area (Å²) in [6.07, 6.45) is 15.1. The average Bonchev–Trinajstić information content (AvgIpc) is 4.10. The lowest BCUT2D eigenvalue weighted by Gasteiger charge is -2.30. The number of hydrogen-bond acceptors (Lipinski definition) is 7. The predicted molar refractivity (Wildman–Crippen MR) is 217 cm³/mol. The zero-order valence-electron chi connectivity index (χ0n) is 33.1. The molecule has 9 rings (SSSR count). The number of imidazole rings is 2. The lowest BCUT2D eigenvalue weighted by atomic mass is 9.88.